The molecule has 0 unspecified atom stereocenters. The number of rotatable bonds is 8. The molecule has 0 bridgehead atoms. The molecule has 3 aromatic carbocycles. The quantitative estimate of drug-likeness (QED) is 0.423. The van der Waals surface area contributed by atoms with Crippen LogP contribution in [0.4, 0.5) is 0 Å². The first-order valence-electron chi connectivity index (χ1n) is 9.56. The van der Waals surface area contributed by atoms with Crippen molar-refractivity contribution >= 4 is 35.4 Å². The Kier molecular flexibility index (Phi) is 7.50. The summed E-state index contributed by atoms with van der Waals surface area (Å²) < 4.78 is 5.53. The van der Waals surface area contributed by atoms with Crippen LogP contribution in [0.5, 0.6) is 5.75 Å². The van der Waals surface area contributed by atoms with Crippen molar-refractivity contribution in [3.05, 3.63) is 87.4 Å². The van der Waals surface area contributed by atoms with E-state index in [4.69, 9.17) is 27.9 Å². The molecule has 0 spiro atoms. The molecule has 0 aliphatic carbocycles. The third-order valence-corrected chi connectivity index (χ3v) is 5.18. The number of nitrogens with one attached hydrogen (secondary N) is 1. The highest BCUT2D eigenvalue weighted by Gasteiger charge is 2.13. The number of carbonyl (C=O) groups is 2. The number of halogens is 2. The zero-order valence-electron chi connectivity index (χ0n) is 16.5. The van der Waals surface area contributed by atoms with E-state index in [1.165, 1.54) is 0 Å². The minimum atomic E-state index is -0.300. The summed E-state index contributed by atoms with van der Waals surface area (Å²) in [6.45, 7) is 2.85. The van der Waals surface area contributed by atoms with E-state index >= 15 is 0 Å². The molecule has 1 amide bonds. The van der Waals surface area contributed by atoms with Crippen LogP contribution in [0.3, 0.4) is 0 Å². The van der Waals surface area contributed by atoms with Gasteiger partial charge in [-0.25, -0.2) is 0 Å². The highest BCUT2D eigenvalue weighted by Crippen LogP contribution is 2.27. The molecule has 30 heavy (non-hydrogen) atoms. The van der Waals surface area contributed by atoms with Crippen LogP contribution in [0.25, 0.3) is 11.1 Å². The Morgan fingerprint density at radius 1 is 1.00 bits per heavy atom. The van der Waals surface area contributed by atoms with Gasteiger partial charge < -0.3 is 10.1 Å². The van der Waals surface area contributed by atoms with Gasteiger partial charge in [0.1, 0.15) is 12.0 Å². The molecule has 1 N–H and O–H groups in total. The predicted molar refractivity (Wildman–Crippen MR) is 121 cm³/mol. The molecule has 0 radical (unpaired) electrons. The fourth-order valence-corrected chi connectivity index (χ4v) is 3.38. The number of hydrogen-bond donors (Lipinski definition) is 1. The molecule has 154 valence electrons. The summed E-state index contributed by atoms with van der Waals surface area (Å²) in [5, 5.41) is 3.72. The van der Waals surface area contributed by atoms with Gasteiger partial charge in [-0.1, -0.05) is 54.4 Å². The van der Waals surface area contributed by atoms with Crippen molar-refractivity contribution in [3.63, 3.8) is 0 Å². The lowest BCUT2D eigenvalue weighted by molar-refractivity contribution is 0.0950. The van der Waals surface area contributed by atoms with Crippen LogP contribution in [-0.4, -0.2) is 18.8 Å². The van der Waals surface area contributed by atoms with Crippen molar-refractivity contribution in [2.24, 2.45) is 0 Å². The number of hydrogen-bond acceptors (Lipinski definition) is 3. The second-order valence-corrected chi connectivity index (χ2v) is 7.54. The van der Waals surface area contributed by atoms with Gasteiger partial charge >= 0.3 is 0 Å². The van der Waals surface area contributed by atoms with Gasteiger partial charge in [-0.15, -0.1) is 0 Å². The van der Waals surface area contributed by atoms with E-state index in [1.807, 2.05) is 31.2 Å². The summed E-state index contributed by atoms with van der Waals surface area (Å²) in [6.07, 6.45) is 1.70. The smallest absolute Gasteiger partial charge is 0.253 e. The van der Waals surface area contributed by atoms with E-state index in [1.54, 1.807) is 36.4 Å². The normalized spacial score (nSPS) is 10.5. The Labute approximate surface area is 185 Å². The summed E-state index contributed by atoms with van der Waals surface area (Å²) in [5.41, 5.74) is 3.53. The van der Waals surface area contributed by atoms with Crippen molar-refractivity contribution in [1.82, 2.24) is 5.32 Å². The van der Waals surface area contributed by atoms with Crippen molar-refractivity contribution in [2.75, 3.05) is 6.61 Å². The molecule has 3 aromatic rings. The van der Waals surface area contributed by atoms with E-state index in [2.05, 4.69) is 5.32 Å². The van der Waals surface area contributed by atoms with Crippen LogP contribution < -0.4 is 10.1 Å². The van der Waals surface area contributed by atoms with Crippen molar-refractivity contribution in [2.45, 2.75) is 19.9 Å². The number of benzene rings is 3. The maximum atomic E-state index is 12.6. The van der Waals surface area contributed by atoms with Gasteiger partial charge in [0.15, 0.2) is 0 Å². The minimum Gasteiger partial charge on any atom is -0.494 e. The predicted octanol–water partition coefficient (Wildman–Crippen LogP) is 6.19. The Balaban J connectivity index is 1.73. The first-order valence-corrected chi connectivity index (χ1v) is 10.3. The van der Waals surface area contributed by atoms with Crippen molar-refractivity contribution in [3.8, 4) is 16.9 Å². The molecule has 0 fully saturated rings. The molecule has 3 rings (SSSR count). The van der Waals surface area contributed by atoms with E-state index in [9.17, 15) is 9.59 Å². The van der Waals surface area contributed by atoms with Crippen LogP contribution in [0.15, 0.2) is 60.7 Å². The highest BCUT2D eigenvalue weighted by atomic mass is 35.5. The average molecular weight is 442 g/mol. The number of carbonyl (C=O) groups excluding carboxylic acids is 2. The van der Waals surface area contributed by atoms with Gasteiger partial charge in [-0.05, 0) is 59.5 Å². The molecular weight excluding hydrogens is 421 g/mol. The van der Waals surface area contributed by atoms with Crippen molar-refractivity contribution in [1.29, 1.82) is 0 Å². The SMILES string of the molecule is CCCOc1ccc(C(=O)NCc2cc(-c3cccc(C=O)c3)ccc2Cl)c(Cl)c1. The van der Waals surface area contributed by atoms with E-state index in [-0.39, 0.29) is 12.5 Å². The fraction of sp³-hybridized carbons (Fsp3) is 0.167. The highest BCUT2D eigenvalue weighted by molar-refractivity contribution is 6.34. The Bertz CT molecular complexity index is 1070. The fourth-order valence-electron chi connectivity index (χ4n) is 2.94. The topological polar surface area (TPSA) is 55.4 Å². The maximum Gasteiger partial charge on any atom is 0.253 e. The molecule has 0 aliphatic rings. The van der Waals surface area contributed by atoms with E-state index in [0.717, 1.165) is 29.4 Å². The third-order valence-electron chi connectivity index (χ3n) is 4.50. The molecule has 0 aromatic heterocycles. The summed E-state index contributed by atoms with van der Waals surface area (Å²) >= 11 is 12.6. The molecule has 0 heterocycles. The minimum absolute atomic E-state index is 0.239. The lowest BCUT2D eigenvalue weighted by atomic mass is 10.0. The first-order chi connectivity index (χ1) is 14.5. The standard InChI is InChI=1S/C24H21Cl2NO3/c1-2-10-30-20-7-8-21(23(26)13-20)24(29)27-14-19-12-18(6-9-22(19)25)17-5-3-4-16(11-17)15-28/h3-9,11-13,15H,2,10,14H2,1H3,(H,27,29). The second-order valence-electron chi connectivity index (χ2n) is 6.72. The van der Waals surface area contributed by atoms with Crippen LogP contribution in [0, 0.1) is 0 Å². The zero-order chi connectivity index (χ0) is 21.5. The Hall–Kier alpha value is -2.82. The molecule has 0 aliphatic heterocycles. The Morgan fingerprint density at radius 3 is 2.53 bits per heavy atom. The summed E-state index contributed by atoms with van der Waals surface area (Å²) in [4.78, 5) is 23.6. The lowest BCUT2D eigenvalue weighted by Crippen LogP contribution is -2.23. The summed E-state index contributed by atoms with van der Waals surface area (Å²) in [6, 6.07) is 17.9. The van der Waals surface area contributed by atoms with Crippen LogP contribution in [0.1, 0.15) is 39.6 Å². The largest absolute Gasteiger partial charge is 0.494 e. The Morgan fingerprint density at radius 2 is 1.80 bits per heavy atom. The van der Waals surface area contributed by atoms with Gasteiger partial charge in [-0.2, -0.15) is 0 Å². The zero-order valence-corrected chi connectivity index (χ0v) is 18.0. The van der Waals surface area contributed by atoms with Crippen molar-refractivity contribution < 1.29 is 14.3 Å². The third kappa shape index (κ3) is 5.41. The van der Waals surface area contributed by atoms with E-state index < -0.39 is 0 Å². The second kappa shape index (κ2) is 10.3. The molecule has 0 atom stereocenters. The number of amides is 1. The van der Waals surface area contributed by atoms with Gasteiger partial charge in [0.25, 0.3) is 5.91 Å². The summed E-state index contributed by atoms with van der Waals surface area (Å²) in [7, 11) is 0. The summed E-state index contributed by atoms with van der Waals surface area (Å²) in [5.74, 6) is 0.332. The number of aldehydes is 1. The number of ether oxygens (including phenoxy) is 1. The van der Waals surface area contributed by atoms with Crippen LogP contribution in [-0.2, 0) is 6.54 Å². The molecule has 0 saturated carbocycles. The molecule has 0 saturated heterocycles. The van der Waals surface area contributed by atoms with Gasteiger partial charge in [0.2, 0.25) is 0 Å². The van der Waals surface area contributed by atoms with Gasteiger partial charge in [0, 0.05) is 17.1 Å². The monoisotopic (exact) mass is 441 g/mol. The van der Waals surface area contributed by atoms with Gasteiger partial charge in [-0.3, -0.25) is 9.59 Å². The van der Waals surface area contributed by atoms with Gasteiger partial charge in [0.05, 0.1) is 17.2 Å². The lowest BCUT2D eigenvalue weighted by Gasteiger charge is -2.11. The maximum absolute atomic E-state index is 12.6. The van der Waals surface area contributed by atoms with Crippen LogP contribution >= 0.6 is 23.2 Å². The molecular formula is C24H21Cl2NO3. The molecule has 6 heteroatoms. The van der Waals surface area contributed by atoms with Crippen LogP contribution in [0.2, 0.25) is 10.0 Å². The first kappa shape index (κ1) is 21.9. The molecule has 4 nitrogen and oxygen atoms in total. The average Bonchev–Trinajstić information content (AvgIpc) is 2.77. The van der Waals surface area contributed by atoms with E-state index in [0.29, 0.717) is 33.5 Å².